The van der Waals surface area contributed by atoms with E-state index in [1.54, 1.807) is 18.4 Å². The fourth-order valence-electron chi connectivity index (χ4n) is 1.52. The summed E-state index contributed by atoms with van der Waals surface area (Å²) in [5, 5.41) is 0.644. The third kappa shape index (κ3) is 4.08. The van der Waals surface area contributed by atoms with E-state index in [4.69, 9.17) is 10.5 Å². The highest BCUT2D eigenvalue weighted by molar-refractivity contribution is 7.15. The highest BCUT2D eigenvalue weighted by atomic mass is 32.1. The number of hydrogen-bond donors (Lipinski definition) is 1. The molecule has 0 spiro atoms. The Morgan fingerprint density at radius 2 is 2.38 bits per heavy atom. The molecule has 1 aromatic rings. The predicted octanol–water partition coefficient (Wildman–Crippen LogP) is 1.97. The largest absolute Gasteiger partial charge is 0.383 e. The van der Waals surface area contributed by atoms with E-state index in [-0.39, 0.29) is 0 Å². The van der Waals surface area contributed by atoms with E-state index in [2.05, 4.69) is 23.7 Å². The van der Waals surface area contributed by atoms with Crippen LogP contribution in [0.15, 0.2) is 6.20 Å². The molecule has 0 bridgehead atoms. The van der Waals surface area contributed by atoms with Crippen LogP contribution < -0.4 is 5.73 Å². The lowest BCUT2D eigenvalue weighted by molar-refractivity contribution is 0.118. The molecule has 2 N–H and O–H groups in total. The summed E-state index contributed by atoms with van der Waals surface area (Å²) < 4.78 is 5.13. The molecule has 0 aliphatic rings. The highest BCUT2D eigenvalue weighted by Crippen LogP contribution is 2.18. The first-order valence-electron chi connectivity index (χ1n) is 5.60. The maximum Gasteiger partial charge on any atom is 0.180 e. The third-order valence-electron chi connectivity index (χ3n) is 2.73. The van der Waals surface area contributed by atoms with Gasteiger partial charge in [-0.15, -0.1) is 11.3 Å². The molecule has 0 fully saturated rings. The van der Waals surface area contributed by atoms with Crippen molar-refractivity contribution in [2.75, 3.05) is 26.0 Å². The zero-order valence-electron chi connectivity index (χ0n) is 10.3. The van der Waals surface area contributed by atoms with E-state index in [9.17, 15) is 0 Å². The average molecular weight is 243 g/mol. The highest BCUT2D eigenvalue weighted by Gasteiger charge is 2.13. The fraction of sp³-hybridized carbons (Fsp3) is 0.727. The van der Waals surface area contributed by atoms with Gasteiger partial charge in [-0.1, -0.05) is 6.92 Å². The smallest absolute Gasteiger partial charge is 0.180 e. The number of aromatic nitrogens is 1. The topological polar surface area (TPSA) is 51.4 Å². The molecule has 0 radical (unpaired) electrons. The standard InChI is InChI=1S/C11H21N3OS/c1-4-9(2)14(5-6-15-3)8-10-7-13-11(12)16-10/h7,9H,4-6,8H2,1-3H3,(H2,12,13). The number of thiazole rings is 1. The monoisotopic (exact) mass is 243 g/mol. The van der Waals surface area contributed by atoms with Crippen LogP contribution in [0.4, 0.5) is 5.13 Å². The molecule has 4 nitrogen and oxygen atoms in total. The second-order valence-electron chi connectivity index (χ2n) is 3.89. The van der Waals surface area contributed by atoms with Gasteiger partial charge in [0.15, 0.2) is 5.13 Å². The van der Waals surface area contributed by atoms with Gasteiger partial charge in [-0.3, -0.25) is 4.90 Å². The third-order valence-corrected chi connectivity index (χ3v) is 3.54. The molecule has 1 unspecified atom stereocenters. The van der Waals surface area contributed by atoms with Crippen molar-refractivity contribution in [1.29, 1.82) is 0 Å². The van der Waals surface area contributed by atoms with E-state index >= 15 is 0 Å². The minimum Gasteiger partial charge on any atom is -0.383 e. The lowest BCUT2D eigenvalue weighted by atomic mass is 10.2. The second kappa shape index (κ2) is 6.83. The van der Waals surface area contributed by atoms with Gasteiger partial charge in [-0.05, 0) is 13.3 Å². The van der Waals surface area contributed by atoms with Crippen LogP contribution in [0.5, 0.6) is 0 Å². The molecule has 0 amide bonds. The molecule has 0 aliphatic carbocycles. The molecular formula is C11H21N3OS. The van der Waals surface area contributed by atoms with Crippen molar-refractivity contribution in [1.82, 2.24) is 9.88 Å². The van der Waals surface area contributed by atoms with Gasteiger partial charge in [0.1, 0.15) is 0 Å². The van der Waals surface area contributed by atoms with Crippen molar-refractivity contribution in [3.63, 3.8) is 0 Å². The number of ether oxygens (including phenoxy) is 1. The summed E-state index contributed by atoms with van der Waals surface area (Å²) in [5.41, 5.74) is 5.63. The van der Waals surface area contributed by atoms with Crippen LogP contribution in [0.3, 0.4) is 0 Å². The molecule has 0 saturated heterocycles. The van der Waals surface area contributed by atoms with Gasteiger partial charge in [-0.25, -0.2) is 4.98 Å². The van der Waals surface area contributed by atoms with E-state index in [1.807, 2.05) is 6.20 Å². The normalized spacial score (nSPS) is 13.2. The fourth-order valence-corrected chi connectivity index (χ4v) is 2.23. The van der Waals surface area contributed by atoms with Crippen LogP contribution in [0.2, 0.25) is 0 Å². The summed E-state index contributed by atoms with van der Waals surface area (Å²) in [7, 11) is 1.74. The summed E-state index contributed by atoms with van der Waals surface area (Å²) in [4.78, 5) is 7.69. The van der Waals surface area contributed by atoms with Crippen molar-refractivity contribution in [2.24, 2.45) is 0 Å². The molecule has 1 atom stereocenters. The van der Waals surface area contributed by atoms with E-state index in [1.165, 1.54) is 4.88 Å². The molecule has 5 heteroatoms. The summed E-state index contributed by atoms with van der Waals surface area (Å²) >= 11 is 1.56. The van der Waals surface area contributed by atoms with E-state index in [0.717, 1.165) is 26.1 Å². The van der Waals surface area contributed by atoms with E-state index < -0.39 is 0 Å². The average Bonchev–Trinajstić information content (AvgIpc) is 2.69. The van der Waals surface area contributed by atoms with Gasteiger partial charge in [0, 0.05) is 37.3 Å². The number of nitrogens with zero attached hydrogens (tertiary/aromatic N) is 2. The SMILES string of the molecule is CCC(C)N(CCOC)Cc1cnc(N)s1. The van der Waals surface area contributed by atoms with Crippen LogP contribution in [0.25, 0.3) is 0 Å². The van der Waals surface area contributed by atoms with Crippen LogP contribution in [0, 0.1) is 0 Å². The number of hydrogen-bond acceptors (Lipinski definition) is 5. The van der Waals surface area contributed by atoms with Crippen LogP contribution in [-0.2, 0) is 11.3 Å². The maximum absolute atomic E-state index is 5.63. The van der Waals surface area contributed by atoms with E-state index in [0.29, 0.717) is 11.2 Å². The van der Waals surface area contributed by atoms with Gasteiger partial charge in [0.25, 0.3) is 0 Å². The zero-order chi connectivity index (χ0) is 12.0. The zero-order valence-corrected chi connectivity index (χ0v) is 11.1. The van der Waals surface area contributed by atoms with Crippen LogP contribution in [-0.4, -0.2) is 36.2 Å². The minimum atomic E-state index is 0.554. The van der Waals surface area contributed by atoms with Crippen molar-refractivity contribution >= 4 is 16.5 Å². The molecule has 1 rings (SSSR count). The number of nitrogens with two attached hydrogens (primary N) is 1. The predicted molar refractivity (Wildman–Crippen MR) is 68.6 cm³/mol. The van der Waals surface area contributed by atoms with Crippen LogP contribution >= 0.6 is 11.3 Å². The molecule has 1 heterocycles. The van der Waals surface area contributed by atoms with Crippen molar-refractivity contribution in [3.05, 3.63) is 11.1 Å². The number of rotatable bonds is 7. The van der Waals surface area contributed by atoms with Crippen molar-refractivity contribution in [3.8, 4) is 0 Å². The Hall–Kier alpha value is -0.650. The van der Waals surface area contributed by atoms with Crippen LogP contribution in [0.1, 0.15) is 25.1 Å². The van der Waals surface area contributed by atoms with Gasteiger partial charge < -0.3 is 10.5 Å². The lowest BCUT2D eigenvalue weighted by Gasteiger charge is -2.27. The summed E-state index contributed by atoms with van der Waals surface area (Å²) in [6.45, 7) is 7.06. The molecule has 0 saturated carbocycles. The molecular weight excluding hydrogens is 222 g/mol. The Kier molecular flexibility index (Phi) is 5.73. The number of nitrogen functional groups attached to an aromatic ring is 1. The molecule has 92 valence electrons. The molecule has 0 aromatic carbocycles. The Morgan fingerprint density at radius 3 is 2.88 bits per heavy atom. The minimum absolute atomic E-state index is 0.554. The second-order valence-corrected chi connectivity index (χ2v) is 5.03. The summed E-state index contributed by atoms with van der Waals surface area (Å²) in [5.74, 6) is 0. The maximum atomic E-state index is 5.63. The Morgan fingerprint density at radius 1 is 1.62 bits per heavy atom. The molecule has 16 heavy (non-hydrogen) atoms. The molecule has 0 aliphatic heterocycles. The Balaban J connectivity index is 2.55. The first-order valence-corrected chi connectivity index (χ1v) is 6.42. The first-order chi connectivity index (χ1) is 7.67. The lowest BCUT2D eigenvalue weighted by Crippen LogP contribution is -2.34. The molecule has 1 aromatic heterocycles. The van der Waals surface area contributed by atoms with Gasteiger partial charge in [0.05, 0.1) is 6.61 Å². The summed E-state index contributed by atoms with van der Waals surface area (Å²) in [6, 6.07) is 0.554. The van der Waals surface area contributed by atoms with Gasteiger partial charge in [-0.2, -0.15) is 0 Å². The Labute approximate surface area is 101 Å². The first kappa shape index (κ1) is 13.4. The van der Waals surface area contributed by atoms with Crippen molar-refractivity contribution < 1.29 is 4.74 Å². The number of anilines is 1. The van der Waals surface area contributed by atoms with Gasteiger partial charge in [0.2, 0.25) is 0 Å². The number of methoxy groups -OCH3 is 1. The quantitative estimate of drug-likeness (QED) is 0.795. The Bertz CT molecular complexity index is 303. The summed E-state index contributed by atoms with van der Waals surface area (Å²) in [6.07, 6.45) is 3.00. The van der Waals surface area contributed by atoms with Crippen molar-refractivity contribution in [2.45, 2.75) is 32.9 Å². The van der Waals surface area contributed by atoms with Gasteiger partial charge >= 0.3 is 0 Å².